The third-order valence-corrected chi connectivity index (χ3v) is 3.45. The fourth-order valence-electron chi connectivity index (χ4n) is 1.37. The van der Waals surface area contributed by atoms with Crippen molar-refractivity contribution in [1.82, 2.24) is 4.90 Å². The molecular formula is C12H19NO2S. The summed E-state index contributed by atoms with van der Waals surface area (Å²) in [5.41, 5.74) is 0. The minimum atomic E-state index is -0.0174. The van der Waals surface area contributed by atoms with Gasteiger partial charge in [0, 0.05) is 30.2 Å². The maximum absolute atomic E-state index is 11.9. The maximum Gasteiger partial charge on any atom is 0.229 e. The molecule has 16 heavy (non-hydrogen) atoms. The van der Waals surface area contributed by atoms with Crippen LogP contribution in [0.1, 0.15) is 27.7 Å². The Morgan fingerprint density at radius 2 is 1.88 bits per heavy atom. The number of hydrogen-bond donors (Lipinski definition) is 0. The quantitative estimate of drug-likeness (QED) is 0.711. The SMILES string of the molecule is CC(C)C(=O)/C=C1\SCCN1C(=O)C(C)C. The predicted molar refractivity (Wildman–Crippen MR) is 66.9 cm³/mol. The lowest BCUT2D eigenvalue weighted by Gasteiger charge is -2.19. The fourth-order valence-corrected chi connectivity index (χ4v) is 2.39. The number of amides is 1. The number of carbonyl (C=O) groups excluding carboxylic acids is 2. The Morgan fingerprint density at radius 1 is 1.25 bits per heavy atom. The minimum Gasteiger partial charge on any atom is -0.306 e. The Morgan fingerprint density at radius 3 is 2.38 bits per heavy atom. The monoisotopic (exact) mass is 241 g/mol. The van der Waals surface area contributed by atoms with E-state index in [4.69, 9.17) is 0 Å². The second-order valence-electron chi connectivity index (χ2n) is 4.53. The first-order valence-electron chi connectivity index (χ1n) is 5.63. The van der Waals surface area contributed by atoms with Gasteiger partial charge < -0.3 is 4.90 Å². The summed E-state index contributed by atoms with van der Waals surface area (Å²) in [5.74, 6) is 1.05. The molecule has 0 bridgehead atoms. The van der Waals surface area contributed by atoms with Crippen LogP contribution >= 0.6 is 11.8 Å². The molecular weight excluding hydrogens is 222 g/mol. The highest BCUT2D eigenvalue weighted by Crippen LogP contribution is 2.29. The third kappa shape index (κ3) is 3.11. The van der Waals surface area contributed by atoms with Gasteiger partial charge in [-0.15, -0.1) is 11.8 Å². The van der Waals surface area contributed by atoms with Gasteiger partial charge in [-0.25, -0.2) is 0 Å². The van der Waals surface area contributed by atoms with Crippen molar-refractivity contribution in [1.29, 1.82) is 0 Å². The highest BCUT2D eigenvalue weighted by molar-refractivity contribution is 8.03. The molecule has 0 aromatic carbocycles. The summed E-state index contributed by atoms with van der Waals surface area (Å²) in [6, 6.07) is 0. The van der Waals surface area contributed by atoms with Gasteiger partial charge in [0.15, 0.2) is 5.78 Å². The van der Waals surface area contributed by atoms with E-state index in [1.807, 2.05) is 27.7 Å². The van der Waals surface area contributed by atoms with E-state index in [9.17, 15) is 9.59 Å². The van der Waals surface area contributed by atoms with Gasteiger partial charge in [-0.2, -0.15) is 0 Å². The summed E-state index contributed by atoms with van der Waals surface area (Å²) in [6.07, 6.45) is 1.61. The average Bonchev–Trinajstić information content (AvgIpc) is 2.64. The number of ketones is 1. The molecule has 1 saturated heterocycles. The van der Waals surface area contributed by atoms with Crippen LogP contribution in [0.15, 0.2) is 11.1 Å². The standard InChI is InChI=1S/C12H19NO2S/c1-8(2)10(14)7-11-13(5-6-16-11)12(15)9(3)4/h7-9H,5-6H2,1-4H3/b11-7-. The number of rotatable bonds is 3. The lowest BCUT2D eigenvalue weighted by Crippen LogP contribution is -2.30. The zero-order valence-electron chi connectivity index (χ0n) is 10.3. The Labute approximate surface area is 101 Å². The number of hydrogen-bond acceptors (Lipinski definition) is 3. The topological polar surface area (TPSA) is 37.4 Å². The molecule has 0 radical (unpaired) electrons. The smallest absolute Gasteiger partial charge is 0.229 e. The number of allylic oxidation sites excluding steroid dienone is 1. The summed E-state index contributed by atoms with van der Waals surface area (Å²) >= 11 is 1.59. The van der Waals surface area contributed by atoms with E-state index in [2.05, 4.69) is 0 Å². The Kier molecular flexibility index (Phi) is 4.59. The summed E-state index contributed by atoms with van der Waals surface area (Å²) in [6.45, 7) is 8.22. The largest absolute Gasteiger partial charge is 0.306 e. The van der Waals surface area contributed by atoms with Gasteiger partial charge in [-0.3, -0.25) is 9.59 Å². The first-order valence-corrected chi connectivity index (χ1v) is 6.61. The van der Waals surface area contributed by atoms with Crippen molar-refractivity contribution in [2.24, 2.45) is 11.8 Å². The van der Waals surface area contributed by atoms with E-state index >= 15 is 0 Å². The molecule has 0 spiro atoms. The maximum atomic E-state index is 11.9. The molecule has 0 aromatic rings. The van der Waals surface area contributed by atoms with Crippen LogP contribution < -0.4 is 0 Å². The number of nitrogens with zero attached hydrogens (tertiary/aromatic N) is 1. The van der Waals surface area contributed by atoms with Crippen molar-refractivity contribution in [3.8, 4) is 0 Å². The van der Waals surface area contributed by atoms with E-state index < -0.39 is 0 Å². The first-order chi connectivity index (χ1) is 7.43. The molecule has 0 atom stereocenters. The van der Waals surface area contributed by atoms with Crippen LogP contribution in [0.2, 0.25) is 0 Å². The van der Waals surface area contributed by atoms with Gasteiger partial charge in [0.1, 0.15) is 0 Å². The fraction of sp³-hybridized carbons (Fsp3) is 0.667. The first kappa shape index (κ1) is 13.3. The summed E-state index contributed by atoms with van der Waals surface area (Å²) < 4.78 is 0. The van der Waals surface area contributed by atoms with E-state index in [1.165, 1.54) is 0 Å². The molecule has 1 aliphatic rings. The van der Waals surface area contributed by atoms with Crippen LogP contribution in [0.4, 0.5) is 0 Å². The van der Waals surface area contributed by atoms with Crippen LogP contribution in [-0.2, 0) is 9.59 Å². The number of carbonyl (C=O) groups is 2. The van der Waals surface area contributed by atoms with E-state index in [-0.39, 0.29) is 23.5 Å². The molecule has 1 fully saturated rings. The zero-order valence-corrected chi connectivity index (χ0v) is 11.1. The van der Waals surface area contributed by atoms with Crippen molar-refractivity contribution in [3.05, 3.63) is 11.1 Å². The molecule has 1 heterocycles. The van der Waals surface area contributed by atoms with E-state index in [0.29, 0.717) is 0 Å². The molecule has 3 nitrogen and oxygen atoms in total. The summed E-state index contributed by atoms with van der Waals surface area (Å²) in [4.78, 5) is 25.2. The van der Waals surface area contributed by atoms with Gasteiger partial charge in [0.2, 0.25) is 5.91 Å². The van der Waals surface area contributed by atoms with Gasteiger partial charge in [-0.05, 0) is 0 Å². The van der Waals surface area contributed by atoms with Gasteiger partial charge >= 0.3 is 0 Å². The van der Waals surface area contributed by atoms with Crippen molar-refractivity contribution >= 4 is 23.5 Å². The highest BCUT2D eigenvalue weighted by atomic mass is 32.2. The molecule has 1 rings (SSSR count). The van der Waals surface area contributed by atoms with E-state index in [1.54, 1.807) is 22.7 Å². The minimum absolute atomic E-state index is 0.00954. The Bertz CT molecular complexity index is 321. The molecule has 0 N–H and O–H groups in total. The van der Waals surface area contributed by atoms with Crippen molar-refractivity contribution in [3.63, 3.8) is 0 Å². The van der Waals surface area contributed by atoms with Gasteiger partial charge in [0.25, 0.3) is 0 Å². The van der Waals surface area contributed by atoms with Crippen LogP contribution in [0.5, 0.6) is 0 Å². The molecule has 0 aliphatic carbocycles. The van der Waals surface area contributed by atoms with Crippen LogP contribution in [0, 0.1) is 11.8 Å². The van der Waals surface area contributed by atoms with Crippen molar-refractivity contribution < 1.29 is 9.59 Å². The summed E-state index contributed by atoms with van der Waals surface area (Å²) in [5, 5.41) is 0.817. The average molecular weight is 241 g/mol. The van der Waals surface area contributed by atoms with Crippen LogP contribution in [0.25, 0.3) is 0 Å². The Hall–Kier alpha value is -0.770. The Balaban J connectivity index is 2.80. The summed E-state index contributed by atoms with van der Waals surface area (Å²) in [7, 11) is 0. The molecule has 4 heteroatoms. The molecule has 0 unspecified atom stereocenters. The number of thioether (sulfide) groups is 1. The van der Waals surface area contributed by atoms with Crippen molar-refractivity contribution in [2.75, 3.05) is 12.3 Å². The van der Waals surface area contributed by atoms with Gasteiger partial charge in [0.05, 0.1) is 5.03 Å². The molecule has 1 amide bonds. The van der Waals surface area contributed by atoms with Crippen molar-refractivity contribution in [2.45, 2.75) is 27.7 Å². The normalized spacial score (nSPS) is 18.9. The lowest BCUT2D eigenvalue weighted by molar-refractivity contribution is -0.131. The second kappa shape index (κ2) is 5.53. The second-order valence-corrected chi connectivity index (χ2v) is 5.65. The molecule has 1 aliphatic heterocycles. The van der Waals surface area contributed by atoms with Crippen LogP contribution in [-0.4, -0.2) is 28.9 Å². The predicted octanol–water partition coefficient (Wildman–Crippen LogP) is 2.28. The van der Waals surface area contributed by atoms with Crippen LogP contribution in [0.3, 0.4) is 0 Å². The lowest BCUT2D eigenvalue weighted by atomic mass is 10.1. The highest BCUT2D eigenvalue weighted by Gasteiger charge is 2.26. The molecule has 0 aromatic heterocycles. The molecule has 90 valence electrons. The zero-order chi connectivity index (χ0) is 12.3. The van der Waals surface area contributed by atoms with Gasteiger partial charge in [-0.1, -0.05) is 27.7 Å². The van der Waals surface area contributed by atoms with E-state index in [0.717, 1.165) is 17.3 Å². The molecule has 0 saturated carbocycles. The third-order valence-electron chi connectivity index (χ3n) is 2.43.